The van der Waals surface area contributed by atoms with Gasteiger partial charge in [-0.15, -0.1) is 0 Å². The van der Waals surface area contributed by atoms with Gasteiger partial charge in [0.2, 0.25) is 0 Å². The minimum atomic E-state index is -2.76. The fourth-order valence-corrected chi connectivity index (χ4v) is 1.72. The summed E-state index contributed by atoms with van der Waals surface area (Å²) in [5.41, 5.74) is -2.08. The fourth-order valence-electron chi connectivity index (χ4n) is 1.72. The molecule has 0 unspecified atom stereocenters. The molecule has 0 bridgehead atoms. The van der Waals surface area contributed by atoms with Gasteiger partial charge in [-0.05, 0) is 39.8 Å². The Balaban J connectivity index is 2.36. The number of rotatable bonds is 2. The molecule has 1 aromatic heterocycles. The van der Waals surface area contributed by atoms with Crippen LogP contribution in [0.2, 0.25) is 0 Å². The first-order valence-corrected chi connectivity index (χ1v) is 5.94. The van der Waals surface area contributed by atoms with E-state index in [0.717, 1.165) is 12.1 Å². The Kier molecular flexibility index (Phi) is 3.39. The molecule has 0 amide bonds. The summed E-state index contributed by atoms with van der Waals surface area (Å²) >= 11 is 0. The van der Waals surface area contributed by atoms with Crippen LogP contribution in [0.25, 0.3) is 0 Å². The van der Waals surface area contributed by atoms with Gasteiger partial charge in [-0.3, -0.25) is 4.98 Å². The summed E-state index contributed by atoms with van der Waals surface area (Å²) in [4.78, 5) is 3.61. The highest BCUT2D eigenvalue weighted by Crippen LogP contribution is 2.36. The van der Waals surface area contributed by atoms with Crippen LogP contribution >= 0.6 is 0 Å². The molecule has 0 spiro atoms. The number of aromatic nitrogens is 1. The summed E-state index contributed by atoms with van der Waals surface area (Å²) in [5, 5.41) is 0. The van der Waals surface area contributed by atoms with Gasteiger partial charge < -0.3 is 9.31 Å². The van der Waals surface area contributed by atoms with Crippen LogP contribution in [-0.4, -0.2) is 23.3 Å². The molecule has 104 valence electrons. The molecule has 2 heterocycles. The van der Waals surface area contributed by atoms with Gasteiger partial charge in [0, 0.05) is 0 Å². The Bertz CT molecular complexity index is 478. The van der Waals surface area contributed by atoms with Crippen LogP contribution in [0, 0.1) is 5.82 Å². The minimum absolute atomic E-state index is 0.239. The zero-order valence-corrected chi connectivity index (χ0v) is 11.2. The topological polar surface area (TPSA) is 31.4 Å². The molecule has 19 heavy (non-hydrogen) atoms. The average Bonchev–Trinajstić information content (AvgIpc) is 2.48. The predicted octanol–water partition coefficient (Wildman–Crippen LogP) is 2.46. The van der Waals surface area contributed by atoms with Crippen molar-refractivity contribution in [1.82, 2.24) is 4.98 Å². The summed E-state index contributed by atoms with van der Waals surface area (Å²) in [5.74, 6) is -0.720. The van der Waals surface area contributed by atoms with E-state index in [-0.39, 0.29) is 5.59 Å². The van der Waals surface area contributed by atoms with Gasteiger partial charge in [0.15, 0.2) is 0 Å². The third-order valence-electron chi connectivity index (χ3n) is 3.59. The summed E-state index contributed by atoms with van der Waals surface area (Å²) in [6.45, 7) is 7.17. The molecule has 1 fully saturated rings. The molecule has 7 heteroatoms. The Hall–Kier alpha value is -1.08. The van der Waals surface area contributed by atoms with Gasteiger partial charge in [-0.1, -0.05) is 0 Å². The van der Waals surface area contributed by atoms with E-state index in [2.05, 4.69) is 4.98 Å². The van der Waals surface area contributed by atoms with Crippen LogP contribution in [0.5, 0.6) is 0 Å². The molecule has 0 aliphatic carbocycles. The van der Waals surface area contributed by atoms with Crippen LogP contribution in [-0.2, 0) is 9.31 Å². The second kappa shape index (κ2) is 4.49. The summed E-state index contributed by atoms with van der Waals surface area (Å²) in [6.07, 6.45) is -2.76. The van der Waals surface area contributed by atoms with Gasteiger partial charge >= 0.3 is 7.12 Å². The lowest BCUT2D eigenvalue weighted by molar-refractivity contribution is 0.00578. The molecule has 0 radical (unpaired) electrons. The van der Waals surface area contributed by atoms with Gasteiger partial charge in [-0.25, -0.2) is 13.2 Å². The second-order valence-electron chi connectivity index (χ2n) is 5.49. The van der Waals surface area contributed by atoms with Gasteiger partial charge in [-0.2, -0.15) is 0 Å². The summed E-state index contributed by atoms with van der Waals surface area (Å²) in [7, 11) is -1.08. The summed E-state index contributed by atoms with van der Waals surface area (Å²) in [6, 6.07) is 1.91. The van der Waals surface area contributed by atoms with E-state index in [1.807, 2.05) is 0 Å². The van der Waals surface area contributed by atoms with Crippen LogP contribution in [0.1, 0.15) is 39.8 Å². The number of alkyl halides is 2. The van der Waals surface area contributed by atoms with E-state index in [0.29, 0.717) is 0 Å². The maximum Gasteiger partial charge on any atom is 0.517 e. The average molecular weight is 273 g/mol. The van der Waals surface area contributed by atoms with Crippen molar-refractivity contribution in [3.8, 4) is 0 Å². The van der Waals surface area contributed by atoms with E-state index in [1.54, 1.807) is 27.7 Å². The standard InChI is InChI=1S/C12H15BF3NO2/c1-11(2)12(3,4)19-13(18-11)9-7(14)5-6-8(17-9)10(15)16/h5-6,10H,1-4H3. The first kappa shape index (κ1) is 14.3. The highest BCUT2D eigenvalue weighted by Gasteiger charge is 2.53. The van der Waals surface area contributed by atoms with Gasteiger partial charge in [0.25, 0.3) is 6.43 Å². The van der Waals surface area contributed by atoms with Crippen LogP contribution in [0.3, 0.4) is 0 Å². The van der Waals surface area contributed by atoms with E-state index < -0.39 is 36.3 Å². The summed E-state index contributed by atoms with van der Waals surface area (Å²) < 4.78 is 50.1. The molecular formula is C12H15BF3NO2. The van der Waals surface area contributed by atoms with Crippen molar-refractivity contribution in [2.45, 2.75) is 45.3 Å². The fraction of sp³-hybridized carbons (Fsp3) is 0.583. The van der Waals surface area contributed by atoms with E-state index in [1.165, 1.54) is 0 Å². The molecule has 1 aliphatic heterocycles. The smallest absolute Gasteiger partial charge is 0.398 e. The lowest BCUT2D eigenvalue weighted by Crippen LogP contribution is -2.41. The molecule has 1 aromatic rings. The lowest BCUT2D eigenvalue weighted by atomic mass is 9.83. The van der Waals surface area contributed by atoms with Crippen LogP contribution in [0.4, 0.5) is 13.2 Å². The SMILES string of the molecule is CC1(C)OB(c2nc(C(F)F)ccc2F)OC1(C)C. The predicted molar refractivity (Wildman–Crippen MR) is 64.9 cm³/mol. The Morgan fingerprint density at radius 2 is 1.63 bits per heavy atom. The minimum Gasteiger partial charge on any atom is -0.398 e. The van der Waals surface area contributed by atoms with Gasteiger partial charge in [0.1, 0.15) is 17.1 Å². The molecule has 1 aliphatic rings. The Morgan fingerprint density at radius 3 is 2.11 bits per heavy atom. The van der Waals surface area contributed by atoms with Crippen molar-refractivity contribution in [3.05, 3.63) is 23.6 Å². The van der Waals surface area contributed by atoms with Crippen molar-refractivity contribution in [2.75, 3.05) is 0 Å². The van der Waals surface area contributed by atoms with Crippen molar-refractivity contribution in [1.29, 1.82) is 0 Å². The van der Waals surface area contributed by atoms with Crippen molar-refractivity contribution < 1.29 is 22.5 Å². The van der Waals surface area contributed by atoms with Crippen molar-refractivity contribution >= 4 is 12.7 Å². The van der Waals surface area contributed by atoms with Crippen molar-refractivity contribution in [3.63, 3.8) is 0 Å². The third-order valence-corrected chi connectivity index (χ3v) is 3.59. The van der Waals surface area contributed by atoms with E-state index in [9.17, 15) is 13.2 Å². The molecule has 3 nitrogen and oxygen atoms in total. The quantitative estimate of drug-likeness (QED) is 0.775. The molecule has 0 aromatic carbocycles. The molecule has 1 saturated heterocycles. The number of hydrogen-bond donors (Lipinski definition) is 0. The number of hydrogen-bond acceptors (Lipinski definition) is 3. The second-order valence-corrected chi connectivity index (χ2v) is 5.49. The Labute approximate surface area is 110 Å². The molecule has 0 saturated carbocycles. The number of pyridine rings is 1. The molecule has 0 N–H and O–H groups in total. The molecule has 2 rings (SSSR count). The van der Waals surface area contributed by atoms with Crippen LogP contribution in [0.15, 0.2) is 12.1 Å². The maximum atomic E-state index is 13.7. The number of halogens is 3. The lowest BCUT2D eigenvalue weighted by Gasteiger charge is -2.32. The van der Waals surface area contributed by atoms with Crippen molar-refractivity contribution in [2.24, 2.45) is 0 Å². The zero-order chi connectivity index (χ0) is 14.4. The van der Waals surface area contributed by atoms with Crippen LogP contribution < -0.4 is 5.59 Å². The monoisotopic (exact) mass is 273 g/mol. The largest absolute Gasteiger partial charge is 0.517 e. The number of nitrogens with zero attached hydrogens (tertiary/aromatic N) is 1. The van der Waals surface area contributed by atoms with Gasteiger partial charge in [0.05, 0.1) is 11.2 Å². The maximum absolute atomic E-state index is 13.7. The normalized spacial score (nSPS) is 21.2. The zero-order valence-electron chi connectivity index (χ0n) is 11.2. The first-order valence-electron chi connectivity index (χ1n) is 5.94. The third kappa shape index (κ3) is 2.49. The molecule has 0 atom stereocenters. The van der Waals surface area contributed by atoms with E-state index >= 15 is 0 Å². The van der Waals surface area contributed by atoms with E-state index in [4.69, 9.17) is 9.31 Å². The highest BCUT2D eigenvalue weighted by atomic mass is 19.3. The first-order chi connectivity index (χ1) is 8.64. The molecular weight excluding hydrogens is 258 g/mol. The Morgan fingerprint density at radius 1 is 1.11 bits per heavy atom. The highest BCUT2D eigenvalue weighted by molar-refractivity contribution is 6.61.